The van der Waals surface area contributed by atoms with Crippen molar-refractivity contribution in [3.8, 4) is 5.75 Å². The predicted octanol–water partition coefficient (Wildman–Crippen LogP) is 4.50. The second-order valence-corrected chi connectivity index (χ2v) is 10.8. The number of para-hydroxylation sites is 1. The molecule has 31 heavy (non-hydrogen) atoms. The van der Waals surface area contributed by atoms with E-state index in [9.17, 15) is 13.2 Å². The van der Waals surface area contributed by atoms with Gasteiger partial charge in [0.15, 0.2) is 5.75 Å². The van der Waals surface area contributed by atoms with E-state index >= 15 is 0 Å². The summed E-state index contributed by atoms with van der Waals surface area (Å²) in [6.45, 7) is 0.298. The Kier molecular flexibility index (Phi) is 5.17. The second kappa shape index (κ2) is 7.99. The summed E-state index contributed by atoms with van der Waals surface area (Å²) in [7, 11) is -3.70. The molecule has 9 heteroatoms. The van der Waals surface area contributed by atoms with E-state index in [4.69, 9.17) is 4.74 Å². The molecule has 1 N–H and O–H groups in total. The van der Waals surface area contributed by atoms with E-state index in [-0.39, 0.29) is 15.7 Å². The van der Waals surface area contributed by atoms with Crippen LogP contribution in [0.3, 0.4) is 0 Å². The van der Waals surface area contributed by atoms with Crippen molar-refractivity contribution in [3.05, 3.63) is 77.4 Å². The molecule has 2 aromatic heterocycles. The maximum atomic E-state index is 13.1. The zero-order chi connectivity index (χ0) is 21.4. The molecule has 0 bridgehead atoms. The Labute approximate surface area is 187 Å². The van der Waals surface area contributed by atoms with Gasteiger partial charge >= 0.3 is 0 Å². The number of hydrogen-bond donors (Lipinski definition) is 1. The molecule has 0 atom stereocenters. The van der Waals surface area contributed by atoms with Gasteiger partial charge in [0, 0.05) is 18.9 Å². The summed E-state index contributed by atoms with van der Waals surface area (Å²) in [5.74, 6) is 0.659. The number of thiophene rings is 1. The number of nitrogens with zero attached hydrogens (tertiary/aromatic N) is 1. The summed E-state index contributed by atoms with van der Waals surface area (Å²) in [6, 6.07) is 15.4. The van der Waals surface area contributed by atoms with Gasteiger partial charge in [0.25, 0.3) is 5.91 Å². The standard InChI is InChI=1S/C22H16N2O4S3/c25-22(18-10-15-8-9-23-12-19(15)30-18)24-11-14-4-6-16(7-5-14)31(26,27)20-3-1-2-17-21(20)28-13-29-17/h1-10,12H,11,13H2,(H,24,25). The molecule has 0 unspecified atom stereocenters. The number of fused-ring (bicyclic) bond motifs is 2. The van der Waals surface area contributed by atoms with Gasteiger partial charge in [0.2, 0.25) is 9.84 Å². The van der Waals surface area contributed by atoms with Crippen LogP contribution in [0.2, 0.25) is 0 Å². The van der Waals surface area contributed by atoms with Crippen LogP contribution in [0.15, 0.2) is 81.7 Å². The number of hydrogen-bond acceptors (Lipinski definition) is 7. The van der Waals surface area contributed by atoms with E-state index in [0.717, 1.165) is 20.5 Å². The molecule has 3 heterocycles. The highest BCUT2D eigenvalue weighted by Crippen LogP contribution is 2.42. The molecule has 1 aliphatic heterocycles. The zero-order valence-electron chi connectivity index (χ0n) is 16.1. The van der Waals surface area contributed by atoms with E-state index in [0.29, 0.717) is 23.1 Å². The lowest BCUT2D eigenvalue weighted by Gasteiger charge is -2.10. The highest BCUT2D eigenvalue weighted by atomic mass is 32.2. The predicted molar refractivity (Wildman–Crippen MR) is 120 cm³/mol. The molecule has 1 amide bonds. The van der Waals surface area contributed by atoms with E-state index in [2.05, 4.69) is 10.3 Å². The highest BCUT2D eigenvalue weighted by Gasteiger charge is 2.27. The van der Waals surface area contributed by atoms with Gasteiger partial charge in [-0.2, -0.15) is 0 Å². The maximum absolute atomic E-state index is 13.1. The van der Waals surface area contributed by atoms with Crippen LogP contribution in [0.5, 0.6) is 5.75 Å². The summed E-state index contributed by atoms with van der Waals surface area (Å²) >= 11 is 2.86. The third-order valence-corrected chi connectivity index (χ3v) is 8.63. The van der Waals surface area contributed by atoms with Gasteiger partial charge in [-0.15, -0.1) is 11.3 Å². The molecule has 0 saturated carbocycles. The minimum atomic E-state index is -3.70. The average Bonchev–Trinajstić information content (AvgIpc) is 3.44. The minimum Gasteiger partial charge on any atom is -0.480 e. The average molecular weight is 469 g/mol. The number of amides is 1. The van der Waals surface area contributed by atoms with Crippen LogP contribution in [0, 0.1) is 0 Å². The molecule has 0 aliphatic carbocycles. The van der Waals surface area contributed by atoms with Crippen molar-refractivity contribution in [2.24, 2.45) is 0 Å². The third kappa shape index (κ3) is 3.80. The van der Waals surface area contributed by atoms with E-state index in [1.165, 1.54) is 23.1 Å². The second-order valence-electron chi connectivity index (χ2n) is 6.84. The van der Waals surface area contributed by atoms with Crippen molar-refractivity contribution >= 4 is 48.9 Å². The summed E-state index contributed by atoms with van der Waals surface area (Å²) in [6.07, 6.45) is 3.43. The number of thioether (sulfide) groups is 1. The summed E-state index contributed by atoms with van der Waals surface area (Å²) in [4.78, 5) is 18.3. The van der Waals surface area contributed by atoms with Crippen molar-refractivity contribution in [3.63, 3.8) is 0 Å². The number of benzene rings is 2. The smallest absolute Gasteiger partial charge is 0.261 e. The van der Waals surface area contributed by atoms with Crippen molar-refractivity contribution < 1.29 is 17.9 Å². The Morgan fingerprint density at radius 2 is 1.97 bits per heavy atom. The first kappa shape index (κ1) is 20.0. The van der Waals surface area contributed by atoms with Crippen LogP contribution < -0.4 is 10.1 Å². The number of rotatable bonds is 5. The third-order valence-electron chi connectivity index (χ3n) is 4.88. The molecule has 0 saturated heterocycles. The number of aromatic nitrogens is 1. The molecule has 5 rings (SSSR count). The van der Waals surface area contributed by atoms with Crippen molar-refractivity contribution in [1.82, 2.24) is 10.3 Å². The first-order valence-electron chi connectivity index (χ1n) is 9.37. The Bertz CT molecular complexity index is 1360. The molecule has 4 aromatic rings. The Hall–Kier alpha value is -2.88. The minimum absolute atomic E-state index is 0.174. The lowest BCUT2D eigenvalue weighted by molar-refractivity contribution is 0.0955. The van der Waals surface area contributed by atoms with Crippen molar-refractivity contribution in [2.45, 2.75) is 21.2 Å². The van der Waals surface area contributed by atoms with Gasteiger partial charge in [-0.3, -0.25) is 9.78 Å². The van der Waals surface area contributed by atoms with Crippen molar-refractivity contribution in [2.75, 3.05) is 5.94 Å². The first-order valence-corrected chi connectivity index (χ1v) is 12.7. The molecule has 0 radical (unpaired) electrons. The Balaban J connectivity index is 1.31. The van der Waals surface area contributed by atoms with E-state index < -0.39 is 9.84 Å². The summed E-state index contributed by atoms with van der Waals surface area (Å²) < 4.78 is 32.6. The fourth-order valence-corrected chi connectivity index (χ4v) is 6.50. The molecule has 1 aliphatic rings. The van der Waals surface area contributed by atoms with Gasteiger partial charge in [-0.25, -0.2) is 8.42 Å². The quantitative estimate of drug-likeness (QED) is 0.464. The molecule has 0 fully saturated rings. The zero-order valence-corrected chi connectivity index (χ0v) is 18.5. The van der Waals surface area contributed by atoms with Gasteiger partial charge in [-0.05, 0) is 47.3 Å². The van der Waals surface area contributed by atoms with Gasteiger partial charge in [0.1, 0.15) is 10.8 Å². The number of nitrogens with one attached hydrogen (secondary N) is 1. The maximum Gasteiger partial charge on any atom is 0.261 e. The first-order chi connectivity index (χ1) is 15.0. The molecule has 156 valence electrons. The number of ether oxygens (including phenoxy) is 1. The van der Waals surface area contributed by atoms with Crippen LogP contribution in [0.4, 0.5) is 0 Å². The number of carbonyl (C=O) groups excluding carboxylic acids is 1. The van der Waals surface area contributed by atoms with Crippen LogP contribution in [-0.4, -0.2) is 25.2 Å². The van der Waals surface area contributed by atoms with Crippen LogP contribution in [0.1, 0.15) is 15.2 Å². The lowest BCUT2D eigenvalue weighted by atomic mass is 10.2. The Morgan fingerprint density at radius 3 is 2.77 bits per heavy atom. The molecular formula is C22H16N2O4S3. The van der Waals surface area contributed by atoms with Gasteiger partial charge in [0.05, 0.1) is 19.4 Å². The van der Waals surface area contributed by atoms with Crippen molar-refractivity contribution in [1.29, 1.82) is 0 Å². The van der Waals surface area contributed by atoms with Crippen LogP contribution in [-0.2, 0) is 16.4 Å². The fraction of sp³-hybridized carbons (Fsp3) is 0.0909. The molecule has 0 spiro atoms. The normalized spacial score (nSPS) is 13.0. The summed E-state index contributed by atoms with van der Waals surface area (Å²) in [5.41, 5.74) is 0.806. The van der Waals surface area contributed by atoms with Crippen LogP contribution in [0.25, 0.3) is 10.1 Å². The number of sulfone groups is 1. The largest absolute Gasteiger partial charge is 0.480 e. The molecule has 6 nitrogen and oxygen atoms in total. The lowest BCUT2D eigenvalue weighted by Crippen LogP contribution is -2.21. The van der Waals surface area contributed by atoms with Gasteiger partial charge in [-0.1, -0.05) is 30.0 Å². The SMILES string of the molecule is O=C(NCc1ccc(S(=O)(=O)c2cccc3c2OCS3)cc1)c1cc2ccncc2s1. The highest BCUT2D eigenvalue weighted by molar-refractivity contribution is 7.99. The van der Waals surface area contributed by atoms with Gasteiger partial charge < -0.3 is 10.1 Å². The Morgan fingerprint density at radius 1 is 1.13 bits per heavy atom. The molecular weight excluding hydrogens is 452 g/mol. The van der Waals surface area contributed by atoms with E-state index in [1.807, 2.05) is 18.2 Å². The molecule has 2 aromatic carbocycles. The fourth-order valence-electron chi connectivity index (χ4n) is 3.29. The topological polar surface area (TPSA) is 85.4 Å². The number of pyridine rings is 1. The van der Waals surface area contributed by atoms with Crippen LogP contribution >= 0.6 is 23.1 Å². The van der Waals surface area contributed by atoms with E-state index in [1.54, 1.807) is 48.8 Å². The monoisotopic (exact) mass is 468 g/mol. The summed E-state index contributed by atoms with van der Waals surface area (Å²) in [5, 5.41) is 3.86. The number of carbonyl (C=O) groups is 1.